The van der Waals surface area contributed by atoms with Crippen molar-refractivity contribution in [3.8, 4) is 5.75 Å². The lowest BCUT2D eigenvalue weighted by Gasteiger charge is -2.27. The highest BCUT2D eigenvalue weighted by molar-refractivity contribution is 5.92. The van der Waals surface area contributed by atoms with E-state index in [0.29, 0.717) is 18.8 Å². The normalized spacial score (nSPS) is 17.0. The van der Waals surface area contributed by atoms with Gasteiger partial charge in [0.2, 0.25) is 0 Å². The fourth-order valence-corrected chi connectivity index (χ4v) is 3.96. The molecule has 27 heavy (non-hydrogen) atoms. The largest absolute Gasteiger partial charge is 0.495 e. The summed E-state index contributed by atoms with van der Waals surface area (Å²) in [5, 5.41) is 10.2. The van der Waals surface area contributed by atoms with E-state index in [0.717, 1.165) is 41.9 Å². The van der Waals surface area contributed by atoms with Gasteiger partial charge in [-0.05, 0) is 44.0 Å². The number of amides is 2. The van der Waals surface area contributed by atoms with E-state index in [1.807, 2.05) is 17.0 Å². The molecule has 2 amide bonds. The molecule has 0 radical (unpaired) electrons. The van der Waals surface area contributed by atoms with E-state index in [-0.39, 0.29) is 6.03 Å². The zero-order valence-corrected chi connectivity index (χ0v) is 15.8. The zero-order valence-electron chi connectivity index (χ0n) is 15.8. The van der Waals surface area contributed by atoms with Crippen LogP contribution in [-0.4, -0.2) is 59.3 Å². The molecule has 7 heteroatoms. The van der Waals surface area contributed by atoms with Crippen LogP contribution in [0.25, 0.3) is 0 Å². The highest BCUT2D eigenvalue weighted by Crippen LogP contribution is 2.30. The molecule has 1 aromatic heterocycles. The molecule has 144 valence electrons. The summed E-state index contributed by atoms with van der Waals surface area (Å²) in [5.41, 5.74) is 4.13. The fraction of sp³-hybridized carbons (Fsp3) is 0.500. The molecule has 1 aromatic carbocycles. The average molecular weight is 369 g/mol. The lowest BCUT2D eigenvalue weighted by Crippen LogP contribution is -2.39. The van der Waals surface area contributed by atoms with Gasteiger partial charge in [-0.1, -0.05) is 12.1 Å². The standard InChI is InChI=1S/C20H27N5O2/c1-27-18-6-4-5-15(7-11-24-9-2-3-10-24)19(18)22-20(26)25-12-8-17-16(14-25)13-21-23-17/h4-6,13H,2-3,7-12,14H2,1H3,(H,21,23)(H,22,26). The number of anilines is 1. The van der Waals surface area contributed by atoms with Gasteiger partial charge in [-0.25, -0.2) is 4.79 Å². The van der Waals surface area contributed by atoms with E-state index in [4.69, 9.17) is 4.74 Å². The van der Waals surface area contributed by atoms with E-state index in [1.165, 1.54) is 25.9 Å². The van der Waals surface area contributed by atoms with Crippen molar-refractivity contribution in [2.75, 3.05) is 38.6 Å². The Kier molecular flexibility index (Phi) is 5.29. The van der Waals surface area contributed by atoms with E-state index in [2.05, 4.69) is 26.5 Å². The topological polar surface area (TPSA) is 73.5 Å². The van der Waals surface area contributed by atoms with Crippen molar-refractivity contribution < 1.29 is 9.53 Å². The van der Waals surface area contributed by atoms with Crippen LogP contribution >= 0.6 is 0 Å². The molecule has 4 rings (SSSR count). The molecule has 0 unspecified atom stereocenters. The molecule has 0 spiro atoms. The van der Waals surface area contributed by atoms with E-state index < -0.39 is 0 Å². The summed E-state index contributed by atoms with van der Waals surface area (Å²) in [6, 6.07) is 5.89. The monoisotopic (exact) mass is 369 g/mol. The number of hydrogen-bond acceptors (Lipinski definition) is 4. The maximum atomic E-state index is 12.9. The van der Waals surface area contributed by atoms with Crippen LogP contribution in [0, 0.1) is 0 Å². The van der Waals surface area contributed by atoms with Crippen LogP contribution in [0.2, 0.25) is 0 Å². The summed E-state index contributed by atoms with van der Waals surface area (Å²) in [7, 11) is 1.65. The molecule has 2 aromatic rings. The Bertz CT molecular complexity index is 797. The van der Waals surface area contributed by atoms with Crippen molar-refractivity contribution in [1.29, 1.82) is 0 Å². The smallest absolute Gasteiger partial charge is 0.322 e. The van der Waals surface area contributed by atoms with E-state index in [9.17, 15) is 4.79 Å². The second-order valence-electron chi connectivity index (χ2n) is 7.27. The minimum Gasteiger partial charge on any atom is -0.495 e. The van der Waals surface area contributed by atoms with Gasteiger partial charge in [-0.15, -0.1) is 0 Å². The number of carbonyl (C=O) groups excluding carboxylic acids is 1. The number of benzene rings is 1. The zero-order chi connectivity index (χ0) is 18.6. The second-order valence-corrected chi connectivity index (χ2v) is 7.27. The van der Waals surface area contributed by atoms with E-state index in [1.54, 1.807) is 13.3 Å². The summed E-state index contributed by atoms with van der Waals surface area (Å²) >= 11 is 0. The van der Waals surface area contributed by atoms with Gasteiger partial charge in [0, 0.05) is 30.8 Å². The number of methoxy groups -OCH3 is 1. The summed E-state index contributed by atoms with van der Waals surface area (Å²) in [4.78, 5) is 17.2. The number of H-pyrrole nitrogens is 1. The first-order chi connectivity index (χ1) is 13.2. The number of carbonyl (C=O) groups is 1. The van der Waals surface area contributed by atoms with Gasteiger partial charge < -0.3 is 19.9 Å². The minimum absolute atomic E-state index is 0.0891. The quantitative estimate of drug-likeness (QED) is 0.850. The molecule has 1 fully saturated rings. The molecular weight excluding hydrogens is 342 g/mol. The number of aromatic nitrogens is 2. The Morgan fingerprint density at radius 1 is 1.30 bits per heavy atom. The third-order valence-corrected chi connectivity index (χ3v) is 5.55. The number of ether oxygens (including phenoxy) is 1. The predicted octanol–water partition coefficient (Wildman–Crippen LogP) is 2.65. The van der Waals surface area contributed by atoms with Gasteiger partial charge in [0.15, 0.2) is 0 Å². The highest BCUT2D eigenvalue weighted by atomic mass is 16.5. The van der Waals surface area contributed by atoms with Crippen LogP contribution in [0.15, 0.2) is 24.4 Å². The molecule has 0 bridgehead atoms. The molecule has 7 nitrogen and oxygen atoms in total. The molecule has 2 N–H and O–H groups in total. The number of para-hydroxylation sites is 1. The lowest BCUT2D eigenvalue weighted by molar-refractivity contribution is 0.206. The van der Waals surface area contributed by atoms with Crippen LogP contribution in [0.3, 0.4) is 0 Å². The van der Waals surface area contributed by atoms with Crippen LogP contribution in [0.5, 0.6) is 5.75 Å². The molecule has 2 aliphatic heterocycles. The average Bonchev–Trinajstić information content (AvgIpc) is 3.38. The first-order valence-electron chi connectivity index (χ1n) is 9.70. The third-order valence-electron chi connectivity index (χ3n) is 5.55. The fourth-order valence-electron chi connectivity index (χ4n) is 3.96. The van der Waals surface area contributed by atoms with Gasteiger partial charge in [-0.3, -0.25) is 5.10 Å². The maximum absolute atomic E-state index is 12.9. The first-order valence-corrected chi connectivity index (χ1v) is 9.70. The van der Waals surface area contributed by atoms with Crippen molar-refractivity contribution in [3.63, 3.8) is 0 Å². The van der Waals surface area contributed by atoms with Crippen LogP contribution < -0.4 is 10.1 Å². The van der Waals surface area contributed by atoms with Crippen molar-refractivity contribution >= 4 is 11.7 Å². The SMILES string of the molecule is COc1cccc(CCN2CCCC2)c1NC(=O)N1CCc2[nH]ncc2C1. The Hall–Kier alpha value is -2.54. The number of urea groups is 1. The number of nitrogens with zero attached hydrogens (tertiary/aromatic N) is 3. The Morgan fingerprint density at radius 3 is 2.96 bits per heavy atom. The van der Waals surface area contributed by atoms with Gasteiger partial charge in [0.25, 0.3) is 0 Å². The molecular formula is C20H27N5O2. The molecule has 3 heterocycles. The molecule has 0 saturated carbocycles. The van der Waals surface area contributed by atoms with Crippen LogP contribution in [0.1, 0.15) is 29.7 Å². The maximum Gasteiger partial charge on any atom is 0.322 e. The van der Waals surface area contributed by atoms with Crippen molar-refractivity contribution in [3.05, 3.63) is 41.2 Å². The highest BCUT2D eigenvalue weighted by Gasteiger charge is 2.23. The number of likely N-dealkylation sites (tertiary alicyclic amines) is 1. The number of hydrogen-bond donors (Lipinski definition) is 2. The number of rotatable bonds is 5. The molecule has 0 aliphatic carbocycles. The van der Waals surface area contributed by atoms with Crippen molar-refractivity contribution in [2.24, 2.45) is 0 Å². The predicted molar refractivity (Wildman–Crippen MR) is 104 cm³/mol. The minimum atomic E-state index is -0.0891. The van der Waals surface area contributed by atoms with Crippen molar-refractivity contribution in [1.82, 2.24) is 20.0 Å². The Morgan fingerprint density at radius 2 is 2.15 bits per heavy atom. The summed E-state index contributed by atoms with van der Waals surface area (Å²) < 4.78 is 5.53. The van der Waals surface area contributed by atoms with E-state index >= 15 is 0 Å². The number of nitrogens with one attached hydrogen (secondary N) is 2. The van der Waals surface area contributed by atoms with Gasteiger partial charge >= 0.3 is 6.03 Å². The van der Waals surface area contributed by atoms with Crippen LogP contribution in [0.4, 0.5) is 10.5 Å². The molecule has 2 aliphatic rings. The molecule has 0 atom stereocenters. The third kappa shape index (κ3) is 3.93. The van der Waals surface area contributed by atoms with Gasteiger partial charge in [0.1, 0.15) is 5.75 Å². The summed E-state index contributed by atoms with van der Waals surface area (Å²) in [5.74, 6) is 0.711. The molecule has 1 saturated heterocycles. The van der Waals surface area contributed by atoms with Gasteiger partial charge in [-0.2, -0.15) is 5.10 Å². The summed E-state index contributed by atoms with van der Waals surface area (Å²) in [6.45, 7) is 4.62. The van der Waals surface area contributed by atoms with Crippen molar-refractivity contribution in [2.45, 2.75) is 32.2 Å². The Balaban J connectivity index is 1.47. The Labute approximate surface area is 159 Å². The number of fused-ring (bicyclic) bond motifs is 1. The first kappa shape index (κ1) is 17.9. The number of aromatic amines is 1. The van der Waals surface area contributed by atoms with Crippen LogP contribution in [-0.2, 0) is 19.4 Å². The van der Waals surface area contributed by atoms with Gasteiger partial charge in [0.05, 0.1) is 25.5 Å². The lowest BCUT2D eigenvalue weighted by atomic mass is 10.1. The second kappa shape index (κ2) is 8.00. The summed E-state index contributed by atoms with van der Waals surface area (Å²) in [6.07, 6.45) is 6.08.